The van der Waals surface area contributed by atoms with Gasteiger partial charge in [-0.25, -0.2) is 0 Å². The second kappa shape index (κ2) is 9.38. The minimum absolute atomic E-state index is 0.0634. The van der Waals surface area contributed by atoms with Gasteiger partial charge in [-0.05, 0) is 70.6 Å². The Labute approximate surface area is 169 Å². The van der Waals surface area contributed by atoms with E-state index in [0.29, 0.717) is 5.92 Å². The molecule has 156 valence electrons. The van der Waals surface area contributed by atoms with E-state index in [0.717, 1.165) is 51.5 Å². The summed E-state index contributed by atoms with van der Waals surface area (Å²) in [6.45, 7) is 3.22. The zero-order valence-corrected chi connectivity index (χ0v) is 17.7. The molecule has 2 fully saturated rings. The van der Waals surface area contributed by atoms with Crippen LogP contribution in [0.5, 0.6) is 0 Å². The fourth-order valence-electron chi connectivity index (χ4n) is 5.23. The lowest BCUT2D eigenvalue weighted by atomic mass is 9.59. The molecule has 5 atom stereocenters. The van der Waals surface area contributed by atoms with Crippen LogP contribution in [0.1, 0.15) is 63.4 Å². The molecule has 3 rings (SSSR count). The fourth-order valence-corrected chi connectivity index (χ4v) is 5.23. The van der Waals surface area contributed by atoms with Crippen molar-refractivity contribution in [1.29, 1.82) is 0 Å². The van der Waals surface area contributed by atoms with E-state index in [4.69, 9.17) is 4.84 Å². The second-order valence-electron chi connectivity index (χ2n) is 8.83. The van der Waals surface area contributed by atoms with Crippen LogP contribution in [0, 0.1) is 11.3 Å². The monoisotopic (exact) mass is 387 g/mol. The molecule has 1 aromatic rings. The highest BCUT2D eigenvalue weighted by atomic mass is 16.6. The van der Waals surface area contributed by atoms with E-state index in [-0.39, 0.29) is 17.6 Å². The maximum atomic E-state index is 11.5. The number of nitrogens with one attached hydrogen (secondary N) is 2. The van der Waals surface area contributed by atoms with Gasteiger partial charge in [-0.15, -0.1) is 0 Å². The van der Waals surface area contributed by atoms with E-state index in [1.807, 2.05) is 20.3 Å². The lowest BCUT2D eigenvalue weighted by Crippen LogP contribution is -2.49. The lowest BCUT2D eigenvalue weighted by molar-refractivity contribution is -0.0960. The average Bonchev–Trinajstić information content (AvgIpc) is 2.98. The Morgan fingerprint density at radius 3 is 2.75 bits per heavy atom. The quantitative estimate of drug-likeness (QED) is 0.262. The molecule has 0 spiro atoms. The largest absolute Gasteiger partial charge is 0.389 e. The number of nitrogens with zero attached hydrogens (tertiary/aromatic N) is 1. The van der Waals surface area contributed by atoms with Crippen molar-refractivity contribution in [3.8, 4) is 0 Å². The molecule has 0 saturated heterocycles. The van der Waals surface area contributed by atoms with Gasteiger partial charge < -0.3 is 15.3 Å². The first kappa shape index (κ1) is 21.3. The molecule has 5 heteroatoms. The highest BCUT2D eigenvalue weighted by molar-refractivity contribution is 5.62. The Hall–Kier alpha value is -1.43. The van der Waals surface area contributed by atoms with Gasteiger partial charge in [0, 0.05) is 24.0 Å². The molecule has 0 heterocycles. The normalized spacial score (nSPS) is 33.7. The summed E-state index contributed by atoms with van der Waals surface area (Å²) in [5.41, 5.74) is 0.626. The Morgan fingerprint density at radius 1 is 1.25 bits per heavy atom. The van der Waals surface area contributed by atoms with Crippen molar-refractivity contribution in [2.24, 2.45) is 16.5 Å². The molecule has 0 bridgehead atoms. The summed E-state index contributed by atoms with van der Waals surface area (Å²) in [6, 6.07) is 10.7. The van der Waals surface area contributed by atoms with Crippen LogP contribution >= 0.6 is 0 Å². The van der Waals surface area contributed by atoms with Gasteiger partial charge in [0.1, 0.15) is 0 Å². The van der Waals surface area contributed by atoms with E-state index in [9.17, 15) is 5.11 Å². The smallest absolute Gasteiger partial charge is 0.178 e. The summed E-state index contributed by atoms with van der Waals surface area (Å²) in [5, 5.41) is 22.2. The molecule has 1 unspecified atom stereocenters. The topological polar surface area (TPSA) is 65.9 Å². The predicted molar refractivity (Wildman–Crippen MR) is 114 cm³/mol. The molecule has 2 aliphatic rings. The number of benzene rings is 1. The lowest BCUT2D eigenvalue weighted by Gasteiger charge is -2.48. The number of rotatable bonds is 9. The van der Waals surface area contributed by atoms with Crippen LogP contribution in [-0.2, 0) is 4.84 Å². The van der Waals surface area contributed by atoms with E-state index in [1.165, 1.54) is 5.56 Å². The van der Waals surface area contributed by atoms with Crippen molar-refractivity contribution in [1.82, 2.24) is 10.6 Å². The van der Waals surface area contributed by atoms with Crippen LogP contribution in [0.15, 0.2) is 35.5 Å². The Bertz CT molecular complexity index is 638. The summed E-state index contributed by atoms with van der Waals surface area (Å²) >= 11 is 0. The molecule has 0 aromatic heterocycles. The zero-order chi connectivity index (χ0) is 20.0. The summed E-state index contributed by atoms with van der Waals surface area (Å²) in [4.78, 5) is 5.70. The van der Waals surface area contributed by atoms with E-state index >= 15 is 0 Å². The SMILES string of the molecule is CNCCCC(NC)ON=C[C@H]1CC[C@]2(O)C[C@@H](c3ccccc3)CC[C@]12C. The van der Waals surface area contributed by atoms with Crippen LogP contribution in [0.3, 0.4) is 0 Å². The van der Waals surface area contributed by atoms with Gasteiger partial charge in [-0.3, -0.25) is 5.32 Å². The Morgan fingerprint density at radius 2 is 2.04 bits per heavy atom. The second-order valence-corrected chi connectivity index (χ2v) is 8.83. The number of hydrogen-bond donors (Lipinski definition) is 3. The van der Waals surface area contributed by atoms with Gasteiger partial charge in [0.2, 0.25) is 0 Å². The first-order chi connectivity index (χ1) is 13.5. The Balaban J connectivity index is 1.60. The molecule has 1 aromatic carbocycles. The molecule has 0 amide bonds. The van der Waals surface area contributed by atoms with Crippen molar-refractivity contribution in [3.63, 3.8) is 0 Å². The van der Waals surface area contributed by atoms with Crippen LogP contribution in [0.25, 0.3) is 0 Å². The third-order valence-electron chi connectivity index (χ3n) is 7.26. The number of aliphatic hydroxyl groups is 1. The first-order valence-electron chi connectivity index (χ1n) is 10.8. The Kier molecular flexibility index (Phi) is 7.13. The number of fused-ring (bicyclic) bond motifs is 1. The summed E-state index contributed by atoms with van der Waals surface area (Å²) in [5.74, 6) is 0.719. The third-order valence-corrected chi connectivity index (χ3v) is 7.26. The molecule has 5 nitrogen and oxygen atoms in total. The van der Waals surface area contributed by atoms with Crippen molar-refractivity contribution < 1.29 is 9.94 Å². The van der Waals surface area contributed by atoms with Crippen LogP contribution in [-0.4, -0.2) is 43.8 Å². The minimum atomic E-state index is -0.613. The van der Waals surface area contributed by atoms with Crippen molar-refractivity contribution in [3.05, 3.63) is 35.9 Å². The summed E-state index contributed by atoms with van der Waals surface area (Å²) < 4.78 is 0. The van der Waals surface area contributed by atoms with Crippen molar-refractivity contribution in [2.75, 3.05) is 20.6 Å². The maximum Gasteiger partial charge on any atom is 0.178 e. The first-order valence-corrected chi connectivity index (χ1v) is 10.8. The molecule has 0 aliphatic heterocycles. The molecule has 2 aliphatic carbocycles. The standard InChI is InChI=1S/C23H37N3O2/c1-22-13-11-19(18-8-5-4-6-9-18)16-23(22,27)14-12-20(22)17-26-28-21(25-3)10-7-15-24-2/h4-6,8-9,17,19-21,24-25,27H,7,10-16H2,1-3H3/t19-,20+,21?,22+,23-/m0/s1. The van der Waals surface area contributed by atoms with Crippen molar-refractivity contribution in [2.45, 2.75) is 69.6 Å². The molecule has 0 radical (unpaired) electrons. The fraction of sp³-hybridized carbons (Fsp3) is 0.696. The van der Waals surface area contributed by atoms with Gasteiger partial charge in [-0.2, -0.15) is 0 Å². The van der Waals surface area contributed by atoms with E-state index in [2.05, 4.69) is 53.0 Å². The number of hydrogen-bond acceptors (Lipinski definition) is 5. The van der Waals surface area contributed by atoms with Crippen LogP contribution < -0.4 is 10.6 Å². The predicted octanol–water partition coefficient (Wildman–Crippen LogP) is 3.65. The van der Waals surface area contributed by atoms with Gasteiger partial charge in [0.15, 0.2) is 6.23 Å². The minimum Gasteiger partial charge on any atom is -0.389 e. The molecular weight excluding hydrogens is 350 g/mol. The van der Waals surface area contributed by atoms with E-state index in [1.54, 1.807) is 0 Å². The molecule has 28 heavy (non-hydrogen) atoms. The number of oxime groups is 1. The van der Waals surface area contributed by atoms with Gasteiger partial charge in [0.05, 0.1) is 5.60 Å². The maximum absolute atomic E-state index is 11.5. The van der Waals surface area contributed by atoms with Crippen LogP contribution in [0.2, 0.25) is 0 Å². The average molecular weight is 388 g/mol. The van der Waals surface area contributed by atoms with Crippen LogP contribution in [0.4, 0.5) is 0 Å². The third kappa shape index (κ3) is 4.42. The van der Waals surface area contributed by atoms with E-state index < -0.39 is 5.60 Å². The highest BCUT2D eigenvalue weighted by Crippen LogP contribution is 2.60. The molecule has 2 saturated carbocycles. The van der Waals surface area contributed by atoms with Gasteiger partial charge >= 0.3 is 0 Å². The summed E-state index contributed by atoms with van der Waals surface area (Å²) in [7, 11) is 3.86. The molecule has 3 N–H and O–H groups in total. The molecular formula is C23H37N3O2. The summed E-state index contributed by atoms with van der Waals surface area (Å²) in [6.07, 6.45) is 8.68. The zero-order valence-electron chi connectivity index (χ0n) is 17.7. The van der Waals surface area contributed by atoms with Crippen molar-refractivity contribution >= 4 is 6.21 Å². The van der Waals surface area contributed by atoms with Gasteiger partial charge in [0.25, 0.3) is 0 Å². The van der Waals surface area contributed by atoms with Gasteiger partial charge in [-0.1, -0.05) is 42.4 Å². The highest BCUT2D eigenvalue weighted by Gasteiger charge is 2.58.